The van der Waals surface area contributed by atoms with Gasteiger partial charge in [-0.25, -0.2) is 12.8 Å². The predicted molar refractivity (Wildman–Crippen MR) is 71.6 cm³/mol. The van der Waals surface area contributed by atoms with E-state index in [-0.39, 0.29) is 10.1 Å². The van der Waals surface area contributed by atoms with Crippen LogP contribution in [-0.2, 0) is 9.84 Å². The van der Waals surface area contributed by atoms with Gasteiger partial charge in [-0.1, -0.05) is 0 Å². The Kier molecular flexibility index (Phi) is 2.79. The number of benzene rings is 1. The van der Waals surface area contributed by atoms with Crippen LogP contribution in [0.5, 0.6) is 0 Å². The Morgan fingerprint density at radius 3 is 2.80 bits per heavy atom. The minimum atomic E-state index is -3.82. The maximum absolute atomic E-state index is 13.2. The summed E-state index contributed by atoms with van der Waals surface area (Å²) in [4.78, 5) is 0. The lowest BCUT2D eigenvalue weighted by Crippen LogP contribution is -2.32. The maximum atomic E-state index is 13.2. The quantitative estimate of drug-likeness (QED) is 0.887. The summed E-state index contributed by atoms with van der Waals surface area (Å²) in [5.41, 5.74) is 5.86. The summed E-state index contributed by atoms with van der Waals surface area (Å²) in [6, 6.07) is 3.90. The predicted octanol–water partition coefficient (Wildman–Crippen LogP) is 2.12. The van der Waals surface area contributed by atoms with Gasteiger partial charge in [0, 0.05) is 17.1 Å². The number of hydrogen-bond donors (Lipinski definition) is 2. The van der Waals surface area contributed by atoms with Gasteiger partial charge in [-0.05, 0) is 37.3 Å². The normalized spacial score (nSPS) is 14.8. The van der Waals surface area contributed by atoms with Gasteiger partial charge in [-0.3, -0.25) is 5.43 Å². The molecule has 0 spiro atoms. The van der Waals surface area contributed by atoms with E-state index >= 15 is 0 Å². The molecule has 3 rings (SSSR count). The number of hydrazine groups is 1. The fourth-order valence-corrected chi connectivity index (χ4v) is 3.39. The van der Waals surface area contributed by atoms with Gasteiger partial charge in [-0.2, -0.15) is 0 Å². The molecule has 7 heteroatoms. The van der Waals surface area contributed by atoms with E-state index in [1.165, 1.54) is 24.3 Å². The minimum absolute atomic E-state index is 0.0253. The topological polar surface area (TPSA) is 71.3 Å². The molecule has 0 unspecified atom stereocenters. The molecule has 1 aliphatic rings. The molecular formula is C13H11FN2O3S. The molecule has 0 amide bonds. The molecule has 0 radical (unpaired) electrons. The number of nitrogens with one attached hydrogen (secondary N) is 2. The molecule has 0 fully saturated rings. The molecule has 2 heterocycles. The van der Waals surface area contributed by atoms with Gasteiger partial charge >= 0.3 is 0 Å². The lowest BCUT2D eigenvalue weighted by molar-refractivity contribution is 0.477. The van der Waals surface area contributed by atoms with Gasteiger partial charge in [0.15, 0.2) is 5.03 Å². The molecule has 20 heavy (non-hydrogen) atoms. The second-order valence-electron chi connectivity index (χ2n) is 4.32. The Morgan fingerprint density at radius 2 is 2.10 bits per heavy atom. The first-order valence-corrected chi connectivity index (χ1v) is 7.30. The Hall–Kier alpha value is -2.28. The average Bonchev–Trinajstić information content (AvgIpc) is 2.78. The summed E-state index contributed by atoms with van der Waals surface area (Å²) in [7, 11) is -3.82. The first-order valence-electron chi connectivity index (χ1n) is 5.82. The number of allylic oxidation sites excluding steroid dienone is 2. The van der Waals surface area contributed by atoms with Gasteiger partial charge in [0.05, 0.1) is 0 Å². The van der Waals surface area contributed by atoms with Crippen LogP contribution < -0.4 is 10.9 Å². The highest BCUT2D eigenvalue weighted by Gasteiger charge is 2.28. The molecule has 0 bridgehead atoms. The summed E-state index contributed by atoms with van der Waals surface area (Å²) in [6.45, 7) is 1.59. The smallest absolute Gasteiger partial charge is 0.256 e. The fourth-order valence-electron chi connectivity index (χ4n) is 2.02. The third kappa shape index (κ3) is 1.87. The van der Waals surface area contributed by atoms with Crippen molar-refractivity contribution in [1.82, 2.24) is 10.9 Å². The van der Waals surface area contributed by atoms with E-state index in [9.17, 15) is 12.8 Å². The number of hydrogen-bond acceptors (Lipinski definition) is 5. The van der Waals surface area contributed by atoms with Crippen LogP contribution in [0.15, 0.2) is 51.1 Å². The monoisotopic (exact) mass is 294 g/mol. The van der Waals surface area contributed by atoms with Crippen molar-refractivity contribution in [3.63, 3.8) is 0 Å². The van der Waals surface area contributed by atoms with E-state index in [2.05, 4.69) is 10.9 Å². The molecule has 0 atom stereocenters. The van der Waals surface area contributed by atoms with Crippen molar-refractivity contribution in [3.8, 4) is 0 Å². The standard InChI is InChI=1S/C13H11FN2O3S/c1-8-10-7-9(14)4-5-11(10)19-13(8)20(17,18)12-3-2-6-15-16-12/h2-7,15-16H,1H3. The van der Waals surface area contributed by atoms with Crippen molar-refractivity contribution < 1.29 is 17.2 Å². The molecule has 0 saturated carbocycles. The maximum Gasteiger partial charge on any atom is 0.256 e. The number of halogens is 1. The van der Waals surface area contributed by atoms with Crippen LogP contribution >= 0.6 is 0 Å². The molecule has 2 N–H and O–H groups in total. The zero-order chi connectivity index (χ0) is 14.3. The highest BCUT2D eigenvalue weighted by Crippen LogP contribution is 2.31. The van der Waals surface area contributed by atoms with Crippen molar-refractivity contribution in [2.45, 2.75) is 12.0 Å². The number of aryl methyl sites for hydroxylation is 1. The van der Waals surface area contributed by atoms with Crippen LogP contribution in [0.3, 0.4) is 0 Å². The van der Waals surface area contributed by atoms with Gasteiger partial charge in [-0.15, -0.1) is 0 Å². The van der Waals surface area contributed by atoms with E-state index < -0.39 is 15.7 Å². The highest BCUT2D eigenvalue weighted by molar-refractivity contribution is 7.95. The van der Waals surface area contributed by atoms with Crippen LogP contribution in [0.2, 0.25) is 0 Å². The molecule has 5 nitrogen and oxygen atoms in total. The SMILES string of the molecule is Cc1c(S(=O)(=O)C2=CC=CNN2)oc2ccc(F)cc12. The van der Waals surface area contributed by atoms with Gasteiger partial charge < -0.3 is 9.84 Å². The molecule has 1 aromatic heterocycles. The highest BCUT2D eigenvalue weighted by atomic mass is 32.2. The second kappa shape index (κ2) is 4.38. The van der Waals surface area contributed by atoms with E-state index in [1.807, 2.05) is 0 Å². The van der Waals surface area contributed by atoms with Crippen LogP contribution in [0.25, 0.3) is 11.0 Å². The van der Waals surface area contributed by atoms with E-state index in [1.54, 1.807) is 19.2 Å². The molecule has 1 aliphatic heterocycles. The molecule has 0 aliphatic carbocycles. The van der Waals surface area contributed by atoms with Crippen LogP contribution in [0, 0.1) is 12.7 Å². The van der Waals surface area contributed by atoms with E-state index in [0.29, 0.717) is 16.5 Å². The van der Waals surface area contributed by atoms with E-state index in [0.717, 1.165) is 0 Å². The number of rotatable bonds is 2. The van der Waals surface area contributed by atoms with Gasteiger partial charge in [0.2, 0.25) is 5.09 Å². The first kappa shape index (κ1) is 12.7. The first-order chi connectivity index (χ1) is 9.50. The average molecular weight is 294 g/mol. The van der Waals surface area contributed by atoms with Crippen molar-refractivity contribution in [1.29, 1.82) is 0 Å². The number of fused-ring (bicyclic) bond motifs is 1. The minimum Gasteiger partial charge on any atom is -0.444 e. The summed E-state index contributed by atoms with van der Waals surface area (Å²) in [6.07, 6.45) is 4.53. The summed E-state index contributed by atoms with van der Waals surface area (Å²) < 4.78 is 43.6. The zero-order valence-corrected chi connectivity index (χ0v) is 11.3. The Labute approximate surface area is 114 Å². The second-order valence-corrected chi connectivity index (χ2v) is 6.14. The molecule has 1 aromatic carbocycles. The number of furan rings is 1. The summed E-state index contributed by atoms with van der Waals surface area (Å²) >= 11 is 0. The van der Waals surface area contributed by atoms with Crippen molar-refractivity contribution in [2.24, 2.45) is 0 Å². The Balaban J connectivity index is 2.22. The largest absolute Gasteiger partial charge is 0.444 e. The van der Waals surface area contributed by atoms with Crippen molar-refractivity contribution >= 4 is 20.8 Å². The van der Waals surface area contributed by atoms with Crippen LogP contribution in [0.4, 0.5) is 4.39 Å². The van der Waals surface area contributed by atoms with Crippen molar-refractivity contribution in [2.75, 3.05) is 0 Å². The zero-order valence-electron chi connectivity index (χ0n) is 10.5. The Morgan fingerprint density at radius 1 is 1.30 bits per heavy atom. The van der Waals surface area contributed by atoms with Crippen LogP contribution in [0.1, 0.15) is 5.56 Å². The van der Waals surface area contributed by atoms with Gasteiger partial charge in [0.25, 0.3) is 9.84 Å². The number of sulfone groups is 1. The summed E-state index contributed by atoms with van der Waals surface area (Å²) in [5.74, 6) is -0.440. The molecule has 2 aromatic rings. The fraction of sp³-hybridized carbons (Fsp3) is 0.0769. The third-order valence-electron chi connectivity index (χ3n) is 3.01. The Bertz CT molecular complexity index is 850. The molecule has 0 saturated heterocycles. The van der Waals surface area contributed by atoms with E-state index in [4.69, 9.17) is 4.42 Å². The third-order valence-corrected chi connectivity index (χ3v) is 4.71. The lowest BCUT2D eigenvalue weighted by atomic mass is 10.2. The molecular weight excluding hydrogens is 283 g/mol. The van der Waals surface area contributed by atoms with Crippen LogP contribution in [-0.4, -0.2) is 8.42 Å². The summed E-state index contributed by atoms with van der Waals surface area (Å²) in [5, 5.41) is 0.236. The lowest BCUT2D eigenvalue weighted by Gasteiger charge is -2.12. The van der Waals surface area contributed by atoms with Crippen molar-refractivity contribution in [3.05, 3.63) is 53.0 Å². The molecule has 104 valence electrons. The van der Waals surface area contributed by atoms with Gasteiger partial charge in [0.1, 0.15) is 11.4 Å².